The first-order chi connectivity index (χ1) is 26.3. The Morgan fingerprint density at radius 3 is 1.76 bits per heavy atom. The molecule has 0 bridgehead atoms. The molecule has 0 radical (unpaired) electrons. The van der Waals surface area contributed by atoms with E-state index in [0.717, 1.165) is 72.2 Å². The first-order valence-corrected chi connectivity index (χ1v) is 18.2. The molecule has 0 atom stereocenters. The summed E-state index contributed by atoms with van der Waals surface area (Å²) in [7, 11) is 0. The van der Waals surface area contributed by atoms with Crippen LogP contribution >= 0.6 is 0 Å². The third kappa shape index (κ3) is 5.18. The van der Waals surface area contributed by atoms with Crippen molar-refractivity contribution in [1.29, 1.82) is 5.26 Å². The molecule has 266 valence electrons. The van der Waals surface area contributed by atoms with E-state index in [4.69, 9.17) is 4.98 Å². The predicted octanol–water partition coefficient (Wildman–Crippen LogP) is 10.6. The molecule has 0 saturated carbocycles. The molecule has 7 heteroatoms. The van der Waals surface area contributed by atoms with Crippen molar-refractivity contribution in [1.82, 2.24) is 18.7 Å². The fourth-order valence-electron chi connectivity index (χ4n) is 8.24. The molecule has 0 aliphatic heterocycles. The number of aromatic nitrogens is 5. The van der Waals surface area contributed by atoms with E-state index in [2.05, 4.69) is 155 Å². The molecule has 6 aromatic carbocycles. The van der Waals surface area contributed by atoms with E-state index in [0.29, 0.717) is 16.9 Å². The Kier molecular flexibility index (Phi) is 8.11. The first-order valence-electron chi connectivity index (χ1n) is 18.2. The van der Waals surface area contributed by atoms with E-state index in [1.165, 1.54) is 5.56 Å². The Bertz CT molecular complexity index is 3150. The minimum absolute atomic E-state index is 0. The number of nitriles is 1. The van der Waals surface area contributed by atoms with Gasteiger partial charge in [-0.05, 0) is 47.4 Å². The summed E-state index contributed by atoms with van der Waals surface area (Å²) in [6.45, 7) is 8.89. The van der Waals surface area contributed by atoms with Gasteiger partial charge in [-0.3, -0.25) is 0 Å². The minimum atomic E-state index is 0. The second-order valence-corrected chi connectivity index (χ2v) is 14.9. The molecule has 10 rings (SSSR count). The summed E-state index contributed by atoms with van der Waals surface area (Å²) in [5, 5.41) is 14.6. The molecular weight excluding hydrogens is 856 g/mol. The van der Waals surface area contributed by atoms with Gasteiger partial charge >= 0.3 is 21.1 Å². The van der Waals surface area contributed by atoms with Crippen molar-refractivity contribution < 1.29 is 25.6 Å². The maximum absolute atomic E-state index is 11.0. The smallest absolute Gasteiger partial charge is 0.318 e. The quantitative estimate of drug-likeness (QED) is 0.131. The molecule has 0 N–H and O–H groups in total. The number of hydrogen-bond acceptors (Lipinski definition) is 2. The van der Waals surface area contributed by atoms with E-state index in [1.54, 1.807) is 0 Å². The van der Waals surface area contributed by atoms with Crippen molar-refractivity contribution in [2.75, 3.05) is 0 Å². The van der Waals surface area contributed by atoms with E-state index in [-0.39, 0.29) is 26.5 Å². The van der Waals surface area contributed by atoms with Crippen LogP contribution < -0.4 is 4.57 Å². The molecule has 0 aliphatic carbocycles. The average molecular weight is 891 g/mol. The van der Waals surface area contributed by atoms with Crippen LogP contribution in [0, 0.1) is 30.4 Å². The summed E-state index contributed by atoms with van der Waals surface area (Å²) in [4.78, 5) is 5.48. The van der Waals surface area contributed by atoms with Gasteiger partial charge in [0, 0.05) is 34.2 Å². The topological polar surface area (TPSA) is 55.4 Å². The number of imidazole rings is 1. The van der Waals surface area contributed by atoms with Gasteiger partial charge in [-0.25, -0.2) is 9.55 Å². The number of rotatable bonds is 4. The van der Waals surface area contributed by atoms with Crippen LogP contribution in [0.4, 0.5) is 0 Å². The van der Waals surface area contributed by atoms with Gasteiger partial charge in [0.1, 0.15) is 23.1 Å². The van der Waals surface area contributed by atoms with Crippen molar-refractivity contribution in [2.24, 2.45) is 0 Å². The predicted molar refractivity (Wildman–Crippen MR) is 217 cm³/mol. The summed E-state index contributed by atoms with van der Waals surface area (Å²) in [5.41, 5.74) is 11.3. The van der Waals surface area contributed by atoms with Crippen LogP contribution in [0.1, 0.15) is 37.7 Å². The molecule has 10 aromatic rings. The third-order valence-corrected chi connectivity index (χ3v) is 10.7. The number of fused-ring (bicyclic) bond motifs is 7. The molecule has 6 nitrogen and oxygen atoms in total. The van der Waals surface area contributed by atoms with E-state index >= 15 is 0 Å². The largest absolute Gasteiger partial charge is 2.00 e. The maximum Gasteiger partial charge on any atom is 2.00 e. The van der Waals surface area contributed by atoms with E-state index in [1.807, 2.05) is 48.5 Å². The second kappa shape index (κ2) is 12.9. The number of nitrogens with zero attached hydrogens (tertiary/aromatic N) is 6. The molecule has 0 amide bonds. The van der Waals surface area contributed by atoms with Gasteiger partial charge in [0.2, 0.25) is 0 Å². The number of benzene rings is 6. The van der Waals surface area contributed by atoms with Crippen LogP contribution in [0.5, 0.6) is 0 Å². The summed E-state index contributed by atoms with van der Waals surface area (Å²) < 4.78 is 8.88. The molecule has 55 heavy (non-hydrogen) atoms. The van der Waals surface area contributed by atoms with Gasteiger partial charge in [-0.2, -0.15) is 40.2 Å². The Morgan fingerprint density at radius 1 is 0.618 bits per heavy atom. The molecule has 0 fully saturated rings. The van der Waals surface area contributed by atoms with Gasteiger partial charge < -0.3 is 9.13 Å². The molecule has 0 saturated heterocycles. The van der Waals surface area contributed by atoms with Gasteiger partial charge in [-0.15, -0.1) is 24.3 Å². The monoisotopic (exact) mass is 890 g/mol. The number of para-hydroxylation sites is 5. The Morgan fingerprint density at radius 2 is 1.16 bits per heavy atom. The van der Waals surface area contributed by atoms with E-state index in [9.17, 15) is 5.26 Å². The van der Waals surface area contributed by atoms with Crippen LogP contribution in [0.25, 0.3) is 77.7 Å². The van der Waals surface area contributed by atoms with Gasteiger partial charge in [0.25, 0.3) is 5.82 Å². The van der Waals surface area contributed by atoms with Crippen molar-refractivity contribution in [2.45, 2.75) is 33.1 Å². The molecule has 4 aromatic heterocycles. The van der Waals surface area contributed by atoms with Crippen LogP contribution in [-0.2, 0) is 26.5 Å². The Balaban J connectivity index is 0.00000397. The van der Waals surface area contributed by atoms with Crippen LogP contribution in [0.3, 0.4) is 0 Å². The number of pyridine rings is 1. The Hall–Kier alpha value is -6.28. The molecule has 0 unspecified atom stereocenters. The normalized spacial score (nSPS) is 11.8. The fraction of sp³-hybridized carbons (Fsp3) is 0.104. The summed E-state index contributed by atoms with van der Waals surface area (Å²) in [6.07, 6.45) is 0. The van der Waals surface area contributed by atoms with Crippen molar-refractivity contribution in [3.05, 3.63) is 169 Å². The third-order valence-electron chi connectivity index (χ3n) is 10.7. The van der Waals surface area contributed by atoms with Gasteiger partial charge in [-0.1, -0.05) is 92.8 Å². The fourth-order valence-corrected chi connectivity index (χ4v) is 8.24. The Labute approximate surface area is 333 Å². The maximum atomic E-state index is 11.0. The molecule has 0 spiro atoms. The van der Waals surface area contributed by atoms with Crippen molar-refractivity contribution in [3.8, 4) is 28.8 Å². The second-order valence-electron chi connectivity index (χ2n) is 14.9. The van der Waals surface area contributed by atoms with Crippen LogP contribution in [0.15, 0.2) is 140 Å². The van der Waals surface area contributed by atoms with Gasteiger partial charge in [0.15, 0.2) is 11.0 Å². The van der Waals surface area contributed by atoms with Crippen LogP contribution in [0.2, 0.25) is 0 Å². The van der Waals surface area contributed by atoms with E-state index < -0.39 is 0 Å². The molecular formula is C48H35N6Pt+. The van der Waals surface area contributed by atoms with Crippen molar-refractivity contribution >= 4 is 54.9 Å². The minimum Gasteiger partial charge on any atom is -0.318 e. The van der Waals surface area contributed by atoms with Crippen molar-refractivity contribution in [3.63, 3.8) is 0 Å². The zero-order valence-electron chi connectivity index (χ0n) is 30.8. The average Bonchev–Trinajstić information content (AvgIpc) is 3.82. The first kappa shape index (κ1) is 34.5. The zero-order chi connectivity index (χ0) is 36.7. The number of hydrogen-bond donors (Lipinski definition) is 0. The summed E-state index contributed by atoms with van der Waals surface area (Å²) in [5.74, 6) is 1.06. The summed E-state index contributed by atoms with van der Waals surface area (Å²) in [6, 6.07) is 57.9. The zero-order valence-corrected chi connectivity index (χ0v) is 33.1. The standard InChI is InChI=1S/C48H35N6.Pt/c1-31-51(34-27-25-32(26-28-34)48(2,3)4)42-23-12-13-24-43(42)52(31)35-17-14-18-36(29-35)54-41-22-11-9-20-38(41)45-39(30-49)44-37-19-8-10-21-40(37)53(46(44)50-47(45)54)33-15-6-5-7-16-33;/h5-15,17-28H,1-4H3;/q-1;+2. The molecule has 4 heterocycles. The SMILES string of the molecule is Cc1n(-c2[c-]c(-n3c4ccccc4c4c(C#N)c5c6ccccc6n(-c6[c-]cccc6)c5nc43)ccc2)c2ccccc2[n+]1-c1ccc(C(C)(C)C)cc1.[Pt+2]. The molecule has 0 aliphatic rings. The van der Waals surface area contributed by atoms with Gasteiger partial charge in [0.05, 0.1) is 16.6 Å². The summed E-state index contributed by atoms with van der Waals surface area (Å²) >= 11 is 0. The van der Waals surface area contributed by atoms with Crippen LogP contribution in [-0.4, -0.2) is 18.7 Å².